The maximum absolute atomic E-state index is 12.2. The molecule has 0 radical (unpaired) electrons. The molecule has 0 aliphatic carbocycles. The Labute approximate surface area is 172 Å². The van der Waals surface area contributed by atoms with Crippen molar-refractivity contribution in [2.24, 2.45) is 5.92 Å². The van der Waals surface area contributed by atoms with E-state index in [0.717, 1.165) is 37.0 Å². The summed E-state index contributed by atoms with van der Waals surface area (Å²) in [6.07, 6.45) is 1.60. The zero-order chi connectivity index (χ0) is 19.5. The third kappa shape index (κ3) is 3.79. The van der Waals surface area contributed by atoms with Crippen molar-refractivity contribution < 1.29 is 4.79 Å². The Morgan fingerprint density at radius 1 is 1.04 bits per heavy atom. The summed E-state index contributed by atoms with van der Waals surface area (Å²) in [5, 5.41) is 7.08. The van der Waals surface area contributed by atoms with Crippen molar-refractivity contribution in [1.29, 1.82) is 0 Å². The molecule has 0 aliphatic heterocycles. The summed E-state index contributed by atoms with van der Waals surface area (Å²) in [4.78, 5) is 23.1. The molecule has 0 bridgehead atoms. The lowest BCUT2D eigenvalue weighted by Gasteiger charge is -2.12. The molecule has 4 nitrogen and oxygen atoms in total. The summed E-state index contributed by atoms with van der Waals surface area (Å²) in [6.45, 7) is 3.77. The highest BCUT2D eigenvalue weighted by atomic mass is 32.2. The molecule has 28 heavy (non-hydrogen) atoms. The quantitative estimate of drug-likeness (QED) is 0.407. The molecule has 0 aliphatic rings. The molecular weight excluding hydrogens is 386 g/mol. The fourth-order valence-corrected chi connectivity index (χ4v) is 4.77. The minimum Gasteiger partial charge on any atom is -0.325 e. The molecule has 0 unspecified atom stereocenters. The van der Waals surface area contributed by atoms with E-state index in [1.807, 2.05) is 56.3 Å². The van der Waals surface area contributed by atoms with Gasteiger partial charge in [0.05, 0.1) is 11.1 Å². The summed E-state index contributed by atoms with van der Waals surface area (Å²) >= 11 is 3.17. The second-order valence-electron chi connectivity index (χ2n) is 6.62. The predicted molar refractivity (Wildman–Crippen MR) is 117 cm³/mol. The highest BCUT2D eigenvalue weighted by Gasteiger charge is 2.16. The van der Waals surface area contributed by atoms with Crippen LogP contribution in [0.1, 0.15) is 13.8 Å². The molecule has 6 heteroatoms. The molecule has 0 atom stereocenters. The summed E-state index contributed by atoms with van der Waals surface area (Å²) in [6, 6.07) is 18.1. The Morgan fingerprint density at radius 2 is 1.79 bits per heavy atom. The van der Waals surface area contributed by atoms with E-state index in [4.69, 9.17) is 0 Å². The Morgan fingerprint density at radius 3 is 2.57 bits per heavy atom. The van der Waals surface area contributed by atoms with Crippen LogP contribution < -0.4 is 5.32 Å². The van der Waals surface area contributed by atoms with E-state index in [-0.39, 0.29) is 11.8 Å². The second kappa shape index (κ2) is 8.12. The van der Waals surface area contributed by atoms with Gasteiger partial charge in [-0.15, -0.1) is 11.3 Å². The lowest BCUT2D eigenvalue weighted by molar-refractivity contribution is -0.118. The van der Waals surface area contributed by atoms with Gasteiger partial charge in [0.15, 0.2) is 0 Å². The zero-order valence-electron chi connectivity index (χ0n) is 15.5. The van der Waals surface area contributed by atoms with Crippen LogP contribution in [0.15, 0.2) is 76.2 Å². The summed E-state index contributed by atoms with van der Waals surface area (Å²) in [5.41, 5.74) is 3.08. The number of hydrogen-bond acceptors (Lipinski definition) is 5. The number of benzene rings is 2. The van der Waals surface area contributed by atoms with Gasteiger partial charge in [0.25, 0.3) is 0 Å². The summed E-state index contributed by atoms with van der Waals surface area (Å²) in [7, 11) is 0. The van der Waals surface area contributed by atoms with Gasteiger partial charge < -0.3 is 5.32 Å². The van der Waals surface area contributed by atoms with E-state index in [0.29, 0.717) is 0 Å². The van der Waals surface area contributed by atoms with E-state index < -0.39 is 0 Å². The van der Waals surface area contributed by atoms with Crippen LogP contribution in [0.4, 0.5) is 5.69 Å². The summed E-state index contributed by atoms with van der Waals surface area (Å²) < 4.78 is 0. The van der Waals surface area contributed by atoms with Crippen molar-refractivity contribution in [1.82, 2.24) is 9.97 Å². The molecular formula is C22H19N3OS2. The first kappa shape index (κ1) is 18.7. The minimum atomic E-state index is -0.0784. The molecule has 2 heterocycles. The Balaban J connectivity index is 1.76. The Kier molecular flexibility index (Phi) is 5.41. The van der Waals surface area contributed by atoms with Gasteiger partial charge in [0.2, 0.25) is 5.91 Å². The SMILES string of the molecule is CC(C)C(=O)Nc1ccccc1Sc1ncnc2scc(-c3ccccc3)c12. The van der Waals surface area contributed by atoms with Crippen LogP contribution >= 0.6 is 23.1 Å². The average molecular weight is 406 g/mol. The van der Waals surface area contributed by atoms with Crippen LogP contribution in [0.2, 0.25) is 0 Å². The van der Waals surface area contributed by atoms with Crippen molar-refractivity contribution in [2.75, 3.05) is 5.32 Å². The number of carbonyl (C=O) groups is 1. The number of amides is 1. The number of para-hydroxylation sites is 1. The zero-order valence-corrected chi connectivity index (χ0v) is 17.2. The maximum atomic E-state index is 12.2. The number of rotatable bonds is 5. The van der Waals surface area contributed by atoms with Gasteiger partial charge in [-0.1, -0.05) is 68.1 Å². The van der Waals surface area contributed by atoms with E-state index in [2.05, 4.69) is 32.8 Å². The van der Waals surface area contributed by atoms with Gasteiger partial charge in [-0.3, -0.25) is 4.79 Å². The normalized spacial score (nSPS) is 11.1. The fraction of sp³-hybridized carbons (Fsp3) is 0.136. The number of anilines is 1. The number of fused-ring (bicyclic) bond motifs is 1. The smallest absolute Gasteiger partial charge is 0.226 e. The lowest BCUT2D eigenvalue weighted by Crippen LogP contribution is -2.18. The topological polar surface area (TPSA) is 54.9 Å². The maximum Gasteiger partial charge on any atom is 0.226 e. The van der Waals surface area contributed by atoms with Gasteiger partial charge >= 0.3 is 0 Å². The number of thiophene rings is 1. The molecule has 2 aromatic heterocycles. The van der Waals surface area contributed by atoms with Gasteiger partial charge in [-0.25, -0.2) is 9.97 Å². The average Bonchev–Trinajstić information content (AvgIpc) is 3.15. The molecule has 4 rings (SSSR count). The fourth-order valence-electron chi connectivity index (χ4n) is 2.80. The van der Waals surface area contributed by atoms with Crippen LogP contribution in [0.3, 0.4) is 0 Å². The third-order valence-electron chi connectivity index (χ3n) is 4.30. The molecule has 0 spiro atoms. The Hall–Kier alpha value is -2.70. The first-order valence-corrected chi connectivity index (χ1v) is 10.7. The van der Waals surface area contributed by atoms with Crippen molar-refractivity contribution >= 4 is 44.9 Å². The monoisotopic (exact) mass is 405 g/mol. The van der Waals surface area contributed by atoms with Gasteiger partial charge in [-0.05, 0) is 17.7 Å². The van der Waals surface area contributed by atoms with E-state index in [1.165, 1.54) is 0 Å². The molecule has 1 N–H and O–H groups in total. The number of aromatic nitrogens is 2. The molecule has 140 valence electrons. The van der Waals surface area contributed by atoms with Crippen LogP contribution in [0, 0.1) is 5.92 Å². The van der Waals surface area contributed by atoms with Gasteiger partial charge in [0, 0.05) is 21.8 Å². The second-order valence-corrected chi connectivity index (χ2v) is 8.51. The van der Waals surface area contributed by atoms with Crippen molar-refractivity contribution in [3.05, 3.63) is 66.3 Å². The van der Waals surface area contributed by atoms with Crippen LogP contribution in [0.5, 0.6) is 0 Å². The summed E-state index contributed by atoms with van der Waals surface area (Å²) in [5.74, 6) is -0.0771. The van der Waals surface area contributed by atoms with E-state index in [1.54, 1.807) is 29.4 Å². The Bertz CT molecular complexity index is 1120. The first-order chi connectivity index (χ1) is 13.6. The number of carbonyl (C=O) groups excluding carboxylic acids is 1. The molecule has 0 saturated carbocycles. The van der Waals surface area contributed by atoms with Crippen molar-refractivity contribution in [2.45, 2.75) is 23.8 Å². The number of nitrogens with one attached hydrogen (secondary N) is 1. The highest BCUT2D eigenvalue weighted by molar-refractivity contribution is 7.99. The molecule has 1 amide bonds. The first-order valence-electron chi connectivity index (χ1n) is 8.99. The number of hydrogen-bond donors (Lipinski definition) is 1. The van der Waals surface area contributed by atoms with Gasteiger partial charge in [0.1, 0.15) is 16.2 Å². The molecule has 0 saturated heterocycles. The van der Waals surface area contributed by atoms with Crippen LogP contribution in [-0.4, -0.2) is 15.9 Å². The minimum absolute atomic E-state index is 0.00129. The van der Waals surface area contributed by atoms with Crippen molar-refractivity contribution in [3.8, 4) is 11.1 Å². The lowest BCUT2D eigenvalue weighted by atomic mass is 10.1. The van der Waals surface area contributed by atoms with E-state index in [9.17, 15) is 4.79 Å². The van der Waals surface area contributed by atoms with E-state index >= 15 is 0 Å². The predicted octanol–water partition coefficient (Wildman–Crippen LogP) is 6.10. The van der Waals surface area contributed by atoms with Crippen LogP contribution in [-0.2, 0) is 4.79 Å². The molecule has 2 aromatic carbocycles. The number of nitrogens with zero attached hydrogens (tertiary/aromatic N) is 2. The molecule has 4 aromatic rings. The van der Waals surface area contributed by atoms with Crippen molar-refractivity contribution in [3.63, 3.8) is 0 Å². The third-order valence-corrected chi connectivity index (χ3v) is 6.26. The highest BCUT2D eigenvalue weighted by Crippen LogP contribution is 2.41. The van der Waals surface area contributed by atoms with Gasteiger partial charge in [-0.2, -0.15) is 0 Å². The van der Waals surface area contributed by atoms with Crippen LogP contribution in [0.25, 0.3) is 21.3 Å². The largest absolute Gasteiger partial charge is 0.325 e. The standard InChI is InChI=1S/C22H19N3OS2/c1-14(2)20(26)25-17-10-6-7-11-18(17)28-22-19-16(15-8-4-3-5-9-15)12-27-21(19)23-13-24-22/h3-14H,1-2H3,(H,25,26). The molecule has 0 fully saturated rings.